The van der Waals surface area contributed by atoms with E-state index in [4.69, 9.17) is 5.73 Å². The van der Waals surface area contributed by atoms with E-state index >= 15 is 0 Å². The van der Waals surface area contributed by atoms with Crippen molar-refractivity contribution in [1.82, 2.24) is 14.8 Å². The first-order valence-electron chi connectivity index (χ1n) is 8.26. The molecule has 0 bridgehead atoms. The maximum absolute atomic E-state index is 13.0. The van der Waals surface area contributed by atoms with Gasteiger partial charge in [-0.25, -0.2) is 9.67 Å². The van der Waals surface area contributed by atoms with Crippen LogP contribution in [0.3, 0.4) is 0 Å². The zero-order valence-electron chi connectivity index (χ0n) is 15.3. The lowest BCUT2D eigenvalue weighted by Crippen LogP contribution is -2.29. The number of carbonyl (C=O) groups is 2. The van der Waals surface area contributed by atoms with Crippen molar-refractivity contribution in [3.8, 4) is 5.69 Å². The minimum absolute atomic E-state index is 0.115. The number of aromatic nitrogens is 3. The van der Waals surface area contributed by atoms with E-state index in [1.807, 2.05) is 37.2 Å². The molecule has 8 nitrogen and oxygen atoms in total. The quantitative estimate of drug-likeness (QED) is 0.743. The highest BCUT2D eigenvalue weighted by Gasteiger charge is 2.23. The summed E-state index contributed by atoms with van der Waals surface area (Å²) in [7, 11) is 5.33. The van der Waals surface area contributed by atoms with Gasteiger partial charge in [0.15, 0.2) is 11.5 Å². The van der Waals surface area contributed by atoms with Gasteiger partial charge in [-0.3, -0.25) is 9.59 Å². The van der Waals surface area contributed by atoms with E-state index in [1.54, 1.807) is 37.5 Å². The molecule has 1 aromatic carbocycles. The average molecular weight is 364 g/mol. The predicted octanol–water partition coefficient (Wildman–Crippen LogP) is 1.71. The molecule has 2 N–H and O–H groups in total. The van der Waals surface area contributed by atoms with Crippen LogP contribution >= 0.6 is 0 Å². The minimum atomic E-state index is -0.664. The average Bonchev–Trinajstić information content (AvgIpc) is 3.13. The lowest BCUT2D eigenvalue weighted by Gasteiger charge is -2.22. The summed E-state index contributed by atoms with van der Waals surface area (Å²) in [6, 6.07) is 14.0. The van der Waals surface area contributed by atoms with Crippen molar-refractivity contribution < 1.29 is 9.59 Å². The minimum Gasteiger partial charge on any atom is -0.364 e. The Morgan fingerprint density at radius 3 is 2.37 bits per heavy atom. The second-order valence-corrected chi connectivity index (χ2v) is 6.13. The molecule has 8 heteroatoms. The summed E-state index contributed by atoms with van der Waals surface area (Å²) in [6.45, 7) is 0. The predicted molar refractivity (Wildman–Crippen MR) is 103 cm³/mol. The molecule has 27 heavy (non-hydrogen) atoms. The van der Waals surface area contributed by atoms with Crippen LogP contribution in [0.15, 0.2) is 54.7 Å². The van der Waals surface area contributed by atoms with Crippen LogP contribution < -0.4 is 15.5 Å². The van der Waals surface area contributed by atoms with Crippen molar-refractivity contribution in [3.63, 3.8) is 0 Å². The maximum Gasteiger partial charge on any atom is 0.278 e. The number of nitrogens with zero attached hydrogens (tertiary/aromatic N) is 5. The van der Waals surface area contributed by atoms with E-state index < -0.39 is 5.91 Å². The van der Waals surface area contributed by atoms with Crippen molar-refractivity contribution in [2.75, 3.05) is 30.9 Å². The number of rotatable bonds is 5. The van der Waals surface area contributed by atoms with E-state index in [-0.39, 0.29) is 17.3 Å². The summed E-state index contributed by atoms with van der Waals surface area (Å²) in [5.74, 6) is -0.391. The van der Waals surface area contributed by atoms with Crippen LogP contribution in [0.1, 0.15) is 21.0 Å². The van der Waals surface area contributed by atoms with E-state index in [2.05, 4.69) is 10.1 Å². The van der Waals surface area contributed by atoms with E-state index in [1.165, 1.54) is 15.6 Å². The van der Waals surface area contributed by atoms with Crippen molar-refractivity contribution >= 4 is 23.3 Å². The molecule has 0 unspecified atom stereocenters. The molecular weight excluding hydrogens is 344 g/mol. The van der Waals surface area contributed by atoms with Crippen LogP contribution in [0.2, 0.25) is 0 Å². The monoisotopic (exact) mass is 364 g/mol. The SMILES string of the molecule is CN(C)c1ncccc1N(C)C(=O)c1cc(C(N)=O)n(-c2ccccc2)n1. The van der Waals surface area contributed by atoms with E-state index in [0.29, 0.717) is 17.2 Å². The first-order valence-corrected chi connectivity index (χ1v) is 8.26. The van der Waals surface area contributed by atoms with Crippen LogP contribution in [0, 0.1) is 0 Å². The van der Waals surface area contributed by atoms with E-state index in [0.717, 1.165) is 0 Å². The van der Waals surface area contributed by atoms with Gasteiger partial charge in [0, 0.05) is 33.4 Å². The Morgan fingerprint density at radius 2 is 1.74 bits per heavy atom. The Bertz CT molecular complexity index is 981. The molecule has 2 aromatic heterocycles. The lowest BCUT2D eigenvalue weighted by molar-refractivity contribution is 0.0983. The molecule has 0 saturated heterocycles. The molecule has 2 heterocycles. The number of para-hydroxylation sites is 1. The van der Waals surface area contributed by atoms with Crippen molar-refractivity contribution in [3.05, 3.63) is 66.1 Å². The van der Waals surface area contributed by atoms with Gasteiger partial charge >= 0.3 is 0 Å². The number of primary amides is 1. The molecule has 0 saturated carbocycles. The third kappa shape index (κ3) is 3.50. The first-order chi connectivity index (χ1) is 12.9. The number of carbonyl (C=O) groups excluding carboxylic acids is 2. The standard InChI is InChI=1S/C19H20N6O2/c1-23(2)18-15(10-7-11-21-18)24(3)19(27)14-12-16(17(20)26)25(22-14)13-8-5-4-6-9-13/h4-12H,1-3H3,(H2,20,26). The highest BCUT2D eigenvalue weighted by atomic mass is 16.2. The first kappa shape index (κ1) is 18.1. The molecule has 0 spiro atoms. The second kappa shape index (κ2) is 7.28. The zero-order chi connectivity index (χ0) is 19.6. The Hall–Kier alpha value is -3.68. The molecule has 0 fully saturated rings. The molecule has 0 radical (unpaired) electrons. The molecule has 0 aliphatic rings. The second-order valence-electron chi connectivity index (χ2n) is 6.13. The van der Waals surface area contributed by atoms with Gasteiger partial charge in [0.25, 0.3) is 11.8 Å². The fraction of sp³-hybridized carbons (Fsp3) is 0.158. The summed E-state index contributed by atoms with van der Waals surface area (Å²) in [5.41, 5.74) is 6.99. The number of hydrogen-bond donors (Lipinski definition) is 1. The Morgan fingerprint density at radius 1 is 1.04 bits per heavy atom. The van der Waals surface area contributed by atoms with Crippen molar-refractivity contribution in [2.24, 2.45) is 5.73 Å². The van der Waals surface area contributed by atoms with Crippen molar-refractivity contribution in [2.45, 2.75) is 0 Å². The molecule has 0 atom stereocenters. The Labute approximate surface area is 156 Å². The molecule has 2 amide bonds. The molecule has 3 rings (SSSR count). The van der Waals surface area contributed by atoms with Gasteiger partial charge < -0.3 is 15.5 Å². The summed E-state index contributed by atoms with van der Waals surface area (Å²) in [4.78, 5) is 32.4. The van der Waals surface area contributed by atoms with Crippen molar-refractivity contribution in [1.29, 1.82) is 0 Å². The lowest BCUT2D eigenvalue weighted by atomic mass is 10.2. The van der Waals surface area contributed by atoms with Gasteiger partial charge in [-0.1, -0.05) is 18.2 Å². The summed E-state index contributed by atoms with van der Waals surface area (Å²) >= 11 is 0. The van der Waals surface area contributed by atoms with E-state index in [9.17, 15) is 9.59 Å². The zero-order valence-corrected chi connectivity index (χ0v) is 15.3. The molecule has 138 valence electrons. The van der Waals surface area contributed by atoms with Crippen LogP contribution in [0.25, 0.3) is 5.69 Å². The van der Waals surface area contributed by atoms with Crippen LogP contribution in [-0.2, 0) is 0 Å². The van der Waals surface area contributed by atoms with Gasteiger partial charge in [-0.15, -0.1) is 0 Å². The maximum atomic E-state index is 13.0. The number of hydrogen-bond acceptors (Lipinski definition) is 5. The Balaban J connectivity index is 2.02. The fourth-order valence-electron chi connectivity index (χ4n) is 2.70. The third-order valence-corrected chi connectivity index (χ3v) is 4.04. The Kier molecular flexibility index (Phi) is 4.89. The fourth-order valence-corrected chi connectivity index (χ4v) is 2.70. The van der Waals surface area contributed by atoms with Gasteiger partial charge in [0.05, 0.1) is 11.4 Å². The number of anilines is 2. The summed E-state index contributed by atoms with van der Waals surface area (Å²) in [5, 5.41) is 4.31. The molecule has 0 aliphatic heterocycles. The van der Waals surface area contributed by atoms with Gasteiger partial charge in [-0.2, -0.15) is 5.10 Å². The highest BCUT2D eigenvalue weighted by molar-refractivity contribution is 6.07. The topological polar surface area (TPSA) is 97.4 Å². The highest BCUT2D eigenvalue weighted by Crippen LogP contribution is 2.25. The van der Waals surface area contributed by atoms with Crippen LogP contribution in [0.4, 0.5) is 11.5 Å². The summed E-state index contributed by atoms with van der Waals surface area (Å²) < 4.78 is 1.37. The van der Waals surface area contributed by atoms with Gasteiger partial charge in [0.1, 0.15) is 5.69 Å². The molecule has 3 aromatic rings. The van der Waals surface area contributed by atoms with Crippen LogP contribution in [-0.4, -0.2) is 47.7 Å². The van der Waals surface area contributed by atoms with Crippen LogP contribution in [0.5, 0.6) is 0 Å². The number of benzene rings is 1. The smallest absolute Gasteiger partial charge is 0.278 e. The molecule has 0 aliphatic carbocycles. The third-order valence-electron chi connectivity index (χ3n) is 4.04. The summed E-state index contributed by atoms with van der Waals surface area (Å²) in [6.07, 6.45) is 1.66. The normalized spacial score (nSPS) is 10.5. The number of amides is 2. The number of pyridine rings is 1. The largest absolute Gasteiger partial charge is 0.364 e. The number of nitrogens with two attached hydrogens (primary N) is 1. The van der Waals surface area contributed by atoms with Gasteiger partial charge in [0.2, 0.25) is 0 Å². The molecular formula is C19H20N6O2. The van der Waals surface area contributed by atoms with Gasteiger partial charge in [-0.05, 0) is 24.3 Å².